The maximum absolute atomic E-state index is 12.6. The van der Waals surface area contributed by atoms with Gasteiger partial charge in [0.15, 0.2) is 0 Å². The first-order valence-electron chi connectivity index (χ1n) is 8.47. The molecule has 0 aromatic heterocycles. The second-order valence-electron chi connectivity index (χ2n) is 5.46. The van der Waals surface area contributed by atoms with Crippen LogP contribution >= 0.6 is 0 Å². The van der Waals surface area contributed by atoms with Crippen molar-refractivity contribution in [2.45, 2.75) is 26.9 Å². The molecule has 0 saturated heterocycles. The highest BCUT2D eigenvalue weighted by atomic mass is 16.5. The first-order chi connectivity index (χ1) is 12.2. The lowest BCUT2D eigenvalue weighted by Gasteiger charge is -2.13. The van der Waals surface area contributed by atoms with Crippen molar-refractivity contribution >= 4 is 11.6 Å². The minimum absolute atomic E-state index is 0.202. The maximum atomic E-state index is 12.6. The van der Waals surface area contributed by atoms with E-state index in [0.717, 1.165) is 12.0 Å². The summed E-state index contributed by atoms with van der Waals surface area (Å²) in [5.74, 6) is 1.16. The van der Waals surface area contributed by atoms with Gasteiger partial charge < -0.3 is 19.5 Å². The van der Waals surface area contributed by atoms with Crippen LogP contribution in [0.1, 0.15) is 36.2 Å². The van der Waals surface area contributed by atoms with Crippen LogP contribution < -0.4 is 14.8 Å². The quantitative estimate of drug-likeness (QED) is 0.691. The standard InChI is InChI=1S/C20H25NO4/c1-4-12-24-14-16-13-15(10-11-18(16)23-3)20(22)21-17-8-6-7-9-19(17)25-5-2/h6-11,13H,4-5,12,14H2,1-3H3,(H,21,22). The third kappa shape index (κ3) is 5.22. The molecular weight excluding hydrogens is 318 g/mol. The number of carbonyl (C=O) groups excluding carboxylic acids is 1. The molecule has 134 valence electrons. The summed E-state index contributed by atoms with van der Waals surface area (Å²) >= 11 is 0. The number of rotatable bonds is 9. The third-order valence-electron chi connectivity index (χ3n) is 3.58. The number of benzene rings is 2. The fraction of sp³-hybridized carbons (Fsp3) is 0.350. The van der Waals surface area contributed by atoms with Crippen LogP contribution in [0.5, 0.6) is 11.5 Å². The van der Waals surface area contributed by atoms with Crippen LogP contribution in [0.25, 0.3) is 0 Å². The summed E-state index contributed by atoms with van der Waals surface area (Å²) in [5.41, 5.74) is 2.04. The Labute approximate surface area is 148 Å². The van der Waals surface area contributed by atoms with Gasteiger partial charge in [0.05, 0.1) is 26.0 Å². The van der Waals surface area contributed by atoms with Gasteiger partial charge in [-0.1, -0.05) is 19.1 Å². The molecule has 0 unspecified atom stereocenters. The maximum Gasteiger partial charge on any atom is 0.255 e. The molecule has 0 saturated carbocycles. The van der Waals surface area contributed by atoms with Gasteiger partial charge in [0.1, 0.15) is 11.5 Å². The van der Waals surface area contributed by atoms with E-state index in [1.165, 1.54) is 0 Å². The lowest BCUT2D eigenvalue weighted by molar-refractivity contribution is 0.102. The Morgan fingerprint density at radius 3 is 2.60 bits per heavy atom. The molecule has 5 heteroatoms. The van der Waals surface area contributed by atoms with E-state index in [4.69, 9.17) is 14.2 Å². The summed E-state index contributed by atoms with van der Waals surface area (Å²) in [4.78, 5) is 12.6. The normalized spacial score (nSPS) is 10.4. The largest absolute Gasteiger partial charge is 0.496 e. The highest BCUT2D eigenvalue weighted by Gasteiger charge is 2.13. The molecule has 25 heavy (non-hydrogen) atoms. The average molecular weight is 343 g/mol. The number of carbonyl (C=O) groups is 1. The van der Waals surface area contributed by atoms with Gasteiger partial charge in [-0.15, -0.1) is 0 Å². The summed E-state index contributed by atoms with van der Waals surface area (Å²) in [6, 6.07) is 12.7. The minimum atomic E-state index is -0.202. The van der Waals surface area contributed by atoms with Gasteiger partial charge in [-0.05, 0) is 43.7 Å². The molecular formula is C20H25NO4. The molecule has 0 fully saturated rings. The molecule has 1 amide bonds. The van der Waals surface area contributed by atoms with Crippen LogP contribution in [0.2, 0.25) is 0 Å². The summed E-state index contributed by atoms with van der Waals surface area (Å²) in [7, 11) is 1.61. The molecule has 5 nitrogen and oxygen atoms in total. The molecule has 0 radical (unpaired) electrons. The molecule has 2 aromatic rings. The molecule has 0 aliphatic rings. The van der Waals surface area contributed by atoms with E-state index in [2.05, 4.69) is 12.2 Å². The smallest absolute Gasteiger partial charge is 0.255 e. The first-order valence-corrected chi connectivity index (χ1v) is 8.47. The van der Waals surface area contributed by atoms with Crippen molar-refractivity contribution in [3.05, 3.63) is 53.6 Å². The van der Waals surface area contributed by atoms with Gasteiger partial charge in [-0.3, -0.25) is 4.79 Å². The van der Waals surface area contributed by atoms with Crippen LogP contribution in [-0.2, 0) is 11.3 Å². The lowest BCUT2D eigenvalue weighted by Crippen LogP contribution is -2.13. The summed E-state index contributed by atoms with van der Waals surface area (Å²) in [6.45, 7) is 5.57. The van der Waals surface area contributed by atoms with Crippen molar-refractivity contribution in [1.82, 2.24) is 0 Å². The molecule has 0 aliphatic heterocycles. The molecule has 2 aromatic carbocycles. The first kappa shape index (κ1) is 18.8. The number of anilines is 1. The highest BCUT2D eigenvalue weighted by molar-refractivity contribution is 6.05. The van der Waals surface area contributed by atoms with Crippen molar-refractivity contribution in [2.24, 2.45) is 0 Å². The number of methoxy groups -OCH3 is 1. The van der Waals surface area contributed by atoms with Gasteiger partial charge in [0.2, 0.25) is 0 Å². The van der Waals surface area contributed by atoms with E-state index in [-0.39, 0.29) is 5.91 Å². The zero-order valence-corrected chi connectivity index (χ0v) is 15.0. The number of hydrogen-bond acceptors (Lipinski definition) is 4. The van der Waals surface area contributed by atoms with Crippen molar-refractivity contribution in [2.75, 3.05) is 25.6 Å². The number of para-hydroxylation sites is 2. The number of hydrogen-bond donors (Lipinski definition) is 1. The van der Waals surface area contributed by atoms with Crippen LogP contribution in [0.3, 0.4) is 0 Å². The Morgan fingerprint density at radius 2 is 1.88 bits per heavy atom. The third-order valence-corrected chi connectivity index (χ3v) is 3.58. The fourth-order valence-corrected chi connectivity index (χ4v) is 2.40. The van der Waals surface area contributed by atoms with Crippen molar-refractivity contribution in [3.8, 4) is 11.5 Å². The predicted octanol–water partition coefficient (Wildman–Crippen LogP) is 4.27. The summed E-state index contributed by atoms with van der Waals surface area (Å²) < 4.78 is 16.5. The van der Waals surface area contributed by atoms with E-state index >= 15 is 0 Å². The predicted molar refractivity (Wildman–Crippen MR) is 98.5 cm³/mol. The van der Waals surface area contributed by atoms with Gasteiger partial charge >= 0.3 is 0 Å². The Balaban J connectivity index is 2.17. The van der Waals surface area contributed by atoms with E-state index in [9.17, 15) is 4.79 Å². The Morgan fingerprint density at radius 1 is 1.08 bits per heavy atom. The zero-order chi connectivity index (χ0) is 18.1. The molecule has 0 heterocycles. The van der Waals surface area contributed by atoms with Crippen molar-refractivity contribution < 1.29 is 19.0 Å². The van der Waals surface area contributed by atoms with Crippen molar-refractivity contribution in [3.63, 3.8) is 0 Å². The van der Waals surface area contributed by atoms with E-state index < -0.39 is 0 Å². The molecule has 0 spiro atoms. The summed E-state index contributed by atoms with van der Waals surface area (Å²) in [5, 5.41) is 2.90. The van der Waals surface area contributed by atoms with Gasteiger partial charge in [-0.2, -0.15) is 0 Å². The molecule has 1 N–H and O–H groups in total. The second kappa shape index (κ2) is 9.69. The van der Waals surface area contributed by atoms with Gasteiger partial charge in [0.25, 0.3) is 5.91 Å². The second-order valence-corrected chi connectivity index (χ2v) is 5.46. The van der Waals surface area contributed by atoms with Gasteiger partial charge in [-0.25, -0.2) is 0 Å². The topological polar surface area (TPSA) is 56.8 Å². The number of nitrogens with one attached hydrogen (secondary N) is 1. The fourth-order valence-electron chi connectivity index (χ4n) is 2.40. The van der Waals surface area contributed by atoms with E-state index in [1.54, 1.807) is 25.3 Å². The zero-order valence-electron chi connectivity index (χ0n) is 15.0. The van der Waals surface area contributed by atoms with Crippen LogP contribution in [0, 0.1) is 0 Å². The SMILES string of the molecule is CCCOCc1cc(C(=O)Nc2ccccc2OCC)ccc1OC. The molecule has 0 aliphatic carbocycles. The van der Waals surface area contributed by atoms with E-state index in [1.807, 2.05) is 31.2 Å². The van der Waals surface area contributed by atoms with Gasteiger partial charge in [0, 0.05) is 17.7 Å². The molecule has 0 bridgehead atoms. The lowest BCUT2D eigenvalue weighted by atomic mass is 10.1. The number of ether oxygens (including phenoxy) is 3. The van der Waals surface area contributed by atoms with Crippen molar-refractivity contribution in [1.29, 1.82) is 0 Å². The minimum Gasteiger partial charge on any atom is -0.496 e. The Bertz CT molecular complexity index is 700. The Kier molecular flexibility index (Phi) is 7.29. The van der Waals surface area contributed by atoms with Crippen LogP contribution in [0.4, 0.5) is 5.69 Å². The highest BCUT2D eigenvalue weighted by Crippen LogP contribution is 2.26. The van der Waals surface area contributed by atoms with E-state index in [0.29, 0.717) is 42.6 Å². The average Bonchev–Trinajstić information content (AvgIpc) is 2.63. The molecule has 2 rings (SSSR count). The Hall–Kier alpha value is -2.53. The monoisotopic (exact) mass is 343 g/mol. The number of amides is 1. The molecule has 0 atom stereocenters. The summed E-state index contributed by atoms with van der Waals surface area (Å²) in [6.07, 6.45) is 0.941. The van der Waals surface area contributed by atoms with Crippen LogP contribution in [0.15, 0.2) is 42.5 Å². The van der Waals surface area contributed by atoms with Crippen LogP contribution in [-0.4, -0.2) is 26.2 Å².